The molecule has 0 radical (unpaired) electrons. The fourth-order valence-corrected chi connectivity index (χ4v) is 3.03. The topological polar surface area (TPSA) is 66.6 Å². The lowest BCUT2D eigenvalue weighted by molar-refractivity contribution is -0.385. The first-order valence-electron chi connectivity index (χ1n) is 7.12. The van der Waals surface area contributed by atoms with Crippen LogP contribution in [0.1, 0.15) is 36.8 Å². The molecule has 2 unspecified atom stereocenters. The first kappa shape index (κ1) is 14.9. The predicted octanol–water partition coefficient (Wildman–Crippen LogP) is 2.64. The largest absolute Gasteiger partial charge is 0.391 e. The summed E-state index contributed by atoms with van der Waals surface area (Å²) in [7, 11) is 1.98. The fourth-order valence-electron chi connectivity index (χ4n) is 3.03. The lowest BCUT2D eigenvalue weighted by Gasteiger charge is -2.35. The SMILES string of the molecule is Cc1c(CN(C)C2CCCCC2O)cccc1[N+](=O)[O-]. The van der Waals surface area contributed by atoms with Gasteiger partial charge in [0.1, 0.15) is 0 Å². The Kier molecular flexibility index (Phi) is 4.73. The van der Waals surface area contributed by atoms with E-state index in [0.717, 1.165) is 36.8 Å². The van der Waals surface area contributed by atoms with E-state index in [1.807, 2.05) is 13.1 Å². The van der Waals surface area contributed by atoms with Gasteiger partial charge in [-0.2, -0.15) is 0 Å². The summed E-state index contributed by atoms with van der Waals surface area (Å²) in [4.78, 5) is 12.7. The molecule has 110 valence electrons. The van der Waals surface area contributed by atoms with Crippen LogP contribution in [0, 0.1) is 17.0 Å². The zero-order valence-electron chi connectivity index (χ0n) is 12.1. The number of nitro groups is 1. The van der Waals surface area contributed by atoms with Gasteiger partial charge in [-0.3, -0.25) is 15.0 Å². The summed E-state index contributed by atoms with van der Waals surface area (Å²) < 4.78 is 0. The van der Waals surface area contributed by atoms with Crippen molar-refractivity contribution in [3.05, 3.63) is 39.4 Å². The van der Waals surface area contributed by atoms with Crippen LogP contribution in [0.5, 0.6) is 0 Å². The Labute approximate surface area is 119 Å². The van der Waals surface area contributed by atoms with E-state index in [-0.39, 0.29) is 22.8 Å². The number of nitrogens with zero attached hydrogens (tertiary/aromatic N) is 2. The summed E-state index contributed by atoms with van der Waals surface area (Å²) in [6.45, 7) is 2.42. The van der Waals surface area contributed by atoms with Gasteiger partial charge in [0, 0.05) is 24.2 Å². The van der Waals surface area contributed by atoms with Gasteiger partial charge in [-0.25, -0.2) is 0 Å². The van der Waals surface area contributed by atoms with Crippen LogP contribution >= 0.6 is 0 Å². The molecule has 0 saturated heterocycles. The van der Waals surface area contributed by atoms with Crippen molar-refractivity contribution in [3.8, 4) is 0 Å². The quantitative estimate of drug-likeness (QED) is 0.679. The standard InChI is InChI=1S/C15H22N2O3/c1-11-12(6-5-8-13(11)17(19)20)10-16(2)14-7-3-4-9-15(14)18/h5-6,8,14-15,18H,3-4,7,9-10H2,1-2H3. The van der Waals surface area contributed by atoms with Crippen molar-refractivity contribution in [1.82, 2.24) is 4.90 Å². The zero-order chi connectivity index (χ0) is 14.7. The van der Waals surface area contributed by atoms with Crippen molar-refractivity contribution in [1.29, 1.82) is 0 Å². The third kappa shape index (κ3) is 3.16. The lowest BCUT2D eigenvalue weighted by Crippen LogP contribution is -2.42. The maximum Gasteiger partial charge on any atom is 0.272 e. The molecule has 1 aromatic carbocycles. The number of hydrogen-bond acceptors (Lipinski definition) is 4. The molecule has 2 atom stereocenters. The second-order valence-corrected chi connectivity index (χ2v) is 5.65. The minimum Gasteiger partial charge on any atom is -0.391 e. The molecule has 1 saturated carbocycles. The Hall–Kier alpha value is -1.46. The average Bonchev–Trinajstić information content (AvgIpc) is 2.41. The molecule has 1 aliphatic rings. The molecule has 0 spiro atoms. The van der Waals surface area contributed by atoms with Gasteiger partial charge >= 0.3 is 0 Å². The molecular weight excluding hydrogens is 256 g/mol. The molecule has 1 fully saturated rings. The van der Waals surface area contributed by atoms with Crippen LogP contribution < -0.4 is 0 Å². The molecule has 0 amide bonds. The molecule has 5 heteroatoms. The second-order valence-electron chi connectivity index (χ2n) is 5.65. The number of benzene rings is 1. The first-order valence-corrected chi connectivity index (χ1v) is 7.12. The van der Waals surface area contributed by atoms with Crippen molar-refractivity contribution in [2.45, 2.75) is 51.3 Å². The monoisotopic (exact) mass is 278 g/mol. The fraction of sp³-hybridized carbons (Fsp3) is 0.600. The maximum absolute atomic E-state index is 11.0. The van der Waals surface area contributed by atoms with Crippen molar-refractivity contribution >= 4 is 5.69 Å². The van der Waals surface area contributed by atoms with E-state index in [2.05, 4.69) is 4.90 Å². The number of rotatable bonds is 4. The van der Waals surface area contributed by atoms with Crippen LogP contribution in [0.2, 0.25) is 0 Å². The van der Waals surface area contributed by atoms with Gasteiger partial charge in [-0.05, 0) is 32.4 Å². The molecule has 2 rings (SSSR count). The van der Waals surface area contributed by atoms with Crippen LogP contribution in [-0.4, -0.2) is 34.1 Å². The van der Waals surface area contributed by atoms with E-state index in [1.165, 1.54) is 6.07 Å². The summed E-state index contributed by atoms with van der Waals surface area (Å²) in [6, 6.07) is 5.34. The maximum atomic E-state index is 11.0. The van der Waals surface area contributed by atoms with Crippen molar-refractivity contribution < 1.29 is 10.0 Å². The minimum atomic E-state index is -0.339. The summed E-state index contributed by atoms with van der Waals surface area (Å²) in [6.07, 6.45) is 3.78. The second kappa shape index (κ2) is 6.33. The smallest absolute Gasteiger partial charge is 0.272 e. The highest BCUT2D eigenvalue weighted by Crippen LogP contribution is 2.26. The van der Waals surface area contributed by atoms with Gasteiger partial charge in [0.2, 0.25) is 0 Å². The van der Waals surface area contributed by atoms with Gasteiger partial charge < -0.3 is 5.11 Å². The highest BCUT2D eigenvalue weighted by atomic mass is 16.6. The minimum absolute atomic E-state index is 0.155. The molecule has 1 aliphatic carbocycles. The van der Waals surface area contributed by atoms with Gasteiger partial charge in [-0.15, -0.1) is 0 Å². The Bertz CT molecular complexity index is 490. The molecule has 5 nitrogen and oxygen atoms in total. The zero-order valence-corrected chi connectivity index (χ0v) is 12.1. The number of likely N-dealkylation sites (N-methyl/N-ethyl adjacent to an activating group) is 1. The van der Waals surface area contributed by atoms with E-state index >= 15 is 0 Å². The van der Waals surface area contributed by atoms with E-state index < -0.39 is 0 Å². The van der Waals surface area contributed by atoms with Crippen LogP contribution in [0.15, 0.2) is 18.2 Å². The van der Waals surface area contributed by atoms with Crippen molar-refractivity contribution in [3.63, 3.8) is 0 Å². The molecule has 0 bridgehead atoms. The highest BCUT2D eigenvalue weighted by Gasteiger charge is 2.27. The van der Waals surface area contributed by atoms with Gasteiger partial charge in [0.15, 0.2) is 0 Å². The summed E-state index contributed by atoms with van der Waals surface area (Å²) in [5.41, 5.74) is 1.84. The molecule has 1 N–H and O–H groups in total. The average molecular weight is 278 g/mol. The number of hydrogen-bond donors (Lipinski definition) is 1. The molecule has 0 aromatic heterocycles. The first-order chi connectivity index (χ1) is 9.50. The Morgan fingerprint density at radius 1 is 1.40 bits per heavy atom. The van der Waals surface area contributed by atoms with E-state index in [1.54, 1.807) is 13.0 Å². The summed E-state index contributed by atoms with van der Waals surface area (Å²) >= 11 is 0. The van der Waals surface area contributed by atoms with Gasteiger partial charge in [0.25, 0.3) is 5.69 Å². The van der Waals surface area contributed by atoms with Crippen molar-refractivity contribution in [2.24, 2.45) is 0 Å². The lowest BCUT2D eigenvalue weighted by atomic mass is 9.91. The predicted molar refractivity (Wildman–Crippen MR) is 77.6 cm³/mol. The Morgan fingerprint density at radius 2 is 2.10 bits per heavy atom. The highest BCUT2D eigenvalue weighted by molar-refractivity contribution is 5.44. The van der Waals surface area contributed by atoms with E-state index in [9.17, 15) is 15.2 Å². The van der Waals surface area contributed by atoms with Gasteiger partial charge in [-0.1, -0.05) is 25.0 Å². The third-order valence-corrected chi connectivity index (χ3v) is 4.29. The molecular formula is C15H22N2O3. The Morgan fingerprint density at radius 3 is 2.75 bits per heavy atom. The van der Waals surface area contributed by atoms with E-state index in [0.29, 0.717) is 6.54 Å². The molecule has 0 heterocycles. The normalized spacial score (nSPS) is 23.0. The number of aliphatic hydroxyl groups excluding tert-OH is 1. The molecule has 1 aromatic rings. The Balaban J connectivity index is 2.13. The summed E-state index contributed by atoms with van der Waals surface area (Å²) in [5, 5.41) is 21.0. The van der Waals surface area contributed by atoms with Crippen LogP contribution in [0.3, 0.4) is 0 Å². The molecule has 0 aliphatic heterocycles. The van der Waals surface area contributed by atoms with Crippen molar-refractivity contribution in [2.75, 3.05) is 7.05 Å². The van der Waals surface area contributed by atoms with Gasteiger partial charge in [0.05, 0.1) is 11.0 Å². The number of aliphatic hydroxyl groups is 1. The van der Waals surface area contributed by atoms with Crippen LogP contribution in [0.4, 0.5) is 5.69 Å². The third-order valence-electron chi connectivity index (χ3n) is 4.29. The van der Waals surface area contributed by atoms with Crippen LogP contribution in [-0.2, 0) is 6.54 Å². The van der Waals surface area contributed by atoms with E-state index in [4.69, 9.17) is 0 Å². The summed E-state index contributed by atoms with van der Waals surface area (Å²) in [5.74, 6) is 0. The molecule has 20 heavy (non-hydrogen) atoms. The number of nitro benzene ring substituents is 1. The van der Waals surface area contributed by atoms with Crippen LogP contribution in [0.25, 0.3) is 0 Å².